The van der Waals surface area contributed by atoms with E-state index < -0.39 is 4.92 Å². The zero-order valence-electron chi connectivity index (χ0n) is 15.2. The molecule has 4 aromatic rings. The molecule has 0 bridgehead atoms. The van der Waals surface area contributed by atoms with Crippen molar-refractivity contribution in [2.24, 2.45) is 0 Å². The highest BCUT2D eigenvalue weighted by Gasteiger charge is 2.12. The molecule has 1 amide bonds. The lowest BCUT2D eigenvalue weighted by Crippen LogP contribution is -2.19. The van der Waals surface area contributed by atoms with Gasteiger partial charge in [0, 0.05) is 23.2 Å². The number of fused-ring (bicyclic) bond motifs is 1. The molecule has 4 rings (SSSR count). The maximum absolute atomic E-state index is 12.4. The standard InChI is InChI=1S/C21H16N4O4/c26-21(14-24-20-12-17(25(27)28)9-6-15(20)13-22-24)23-16-7-10-19(11-8-16)29-18-4-2-1-3-5-18/h1-13H,14H2,(H,23,26). The number of anilines is 1. The molecule has 0 aliphatic carbocycles. The minimum atomic E-state index is -0.476. The van der Waals surface area contributed by atoms with Crippen LogP contribution in [0.4, 0.5) is 11.4 Å². The molecule has 1 aromatic heterocycles. The van der Waals surface area contributed by atoms with Crippen molar-refractivity contribution >= 4 is 28.2 Å². The number of carbonyl (C=O) groups excluding carboxylic acids is 1. The molecule has 1 N–H and O–H groups in total. The number of benzene rings is 3. The van der Waals surface area contributed by atoms with E-state index in [2.05, 4.69) is 10.4 Å². The van der Waals surface area contributed by atoms with E-state index in [9.17, 15) is 14.9 Å². The number of nitrogens with zero attached hydrogens (tertiary/aromatic N) is 3. The monoisotopic (exact) mass is 388 g/mol. The maximum atomic E-state index is 12.4. The Balaban J connectivity index is 1.43. The molecule has 0 atom stereocenters. The van der Waals surface area contributed by atoms with Gasteiger partial charge in [0.25, 0.3) is 5.69 Å². The summed E-state index contributed by atoms with van der Waals surface area (Å²) < 4.78 is 7.16. The van der Waals surface area contributed by atoms with Crippen molar-refractivity contribution in [2.75, 3.05) is 5.32 Å². The number of hydrogen-bond acceptors (Lipinski definition) is 5. The molecule has 0 fully saturated rings. The summed E-state index contributed by atoms with van der Waals surface area (Å²) >= 11 is 0. The van der Waals surface area contributed by atoms with Gasteiger partial charge in [-0.1, -0.05) is 18.2 Å². The SMILES string of the molecule is O=C(Cn1ncc2ccc([N+](=O)[O-])cc21)Nc1ccc(Oc2ccccc2)cc1. The molecule has 0 radical (unpaired) electrons. The Morgan fingerprint density at radius 2 is 1.76 bits per heavy atom. The molecule has 8 heteroatoms. The van der Waals surface area contributed by atoms with Crippen LogP contribution in [0.1, 0.15) is 0 Å². The molecule has 144 valence electrons. The van der Waals surface area contributed by atoms with Gasteiger partial charge in [-0.15, -0.1) is 0 Å². The summed E-state index contributed by atoms with van der Waals surface area (Å²) in [6.07, 6.45) is 1.57. The highest BCUT2D eigenvalue weighted by atomic mass is 16.6. The third-order valence-electron chi connectivity index (χ3n) is 4.25. The van der Waals surface area contributed by atoms with Gasteiger partial charge in [0.2, 0.25) is 5.91 Å². The van der Waals surface area contributed by atoms with Crippen LogP contribution < -0.4 is 10.1 Å². The predicted molar refractivity (Wildman–Crippen MR) is 108 cm³/mol. The van der Waals surface area contributed by atoms with Crippen molar-refractivity contribution in [1.82, 2.24) is 9.78 Å². The molecule has 1 heterocycles. The normalized spacial score (nSPS) is 10.6. The summed E-state index contributed by atoms with van der Waals surface area (Å²) in [5.41, 5.74) is 1.09. The molecule has 0 unspecified atom stereocenters. The molecule has 8 nitrogen and oxygen atoms in total. The number of rotatable bonds is 6. The average Bonchev–Trinajstić information content (AvgIpc) is 3.12. The van der Waals surface area contributed by atoms with Crippen LogP contribution in [-0.2, 0) is 11.3 Å². The van der Waals surface area contributed by atoms with E-state index >= 15 is 0 Å². The third-order valence-corrected chi connectivity index (χ3v) is 4.25. The van der Waals surface area contributed by atoms with E-state index in [1.807, 2.05) is 30.3 Å². The summed E-state index contributed by atoms with van der Waals surface area (Å²) in [7, 11) is 0. The van der Waals surface area contributed by atoms with Crippen LogP contribution in [0.15, 0.2) is 79.0 Å². The van der Waals surface area contributed by atoms with E-state index in [4.69, 9.17) is 4.74 Å². The van der Waals surface area contributed by atoms with Gasteiger partial charge in [0.05, 0.1) is 16.6 Å². The lowest BCUT2D eigenvalue weighted by Gasteiger charge is -2.08. The van der Waals surface area contributed by atoms with Gasteiger partial charge in [-0.3, -0.25) is 19.6 Å². The second kappa shape index (κ2) is 7.81. The number of nitro benzene ring substituents is 1. The summed E-state index contributed by atoms with van der Waals surface area (Å²) in [6, 6.07) is 20.8. The zero-order valence-corrected chi connectivity index (χ0v) is 15.2. The van der Waals surface area contributed by atoms with E-state index in [1.54, 1.807) is 36.5 Å². The number of amides is 1. The second-order valence-electron chi connectivity index (χ2n) is 6.29. The number of non-ortho nitro benzene ring substituents is 1. The molecular weight excluding hydrogens is 372 g/mol. The Morgan fingerprint density at radius 1 is 1.03 bits per heavy atom. The Hall–Kier alpha value is -4.20. The summed E-state index contributed by atoms with van der Waals surface area (Å²) in [4.78, 5) is 22.9. The van der Waals surface area contributed by atoms with Crippen molar-refractivity contribution < 1.29 is 14.5 Å². The number of ether oxygens (including phenoxy) is 1. The van der Waals surface area contributed by atoms with Gasteiger partial charge in [-0.2, -0.15) is 5.10 Å². The van der Waals surface area contributed by atoms with Gasteiger partial charge in [0.15, 0.2) is 0 Å². The topological polar surface area (TPSA) is 99.3 Å². The molecule has 0 saturated heterocycles. The van der Waals surface area contributed by atoms with E-state index in [1.165, 1.54) is 16.8 Å². The molecule has 29 heavy (non-hydrogen) atoms. The summed E-state index contributed by atoms with van der Waals surface area (Å²) in [5.74, 6) is 1.08. The first-order valence-corrected chi connectivity index (χ1v) is 8.81. The van der Waals surface area contributed by atoms with Crippen molar-refractivity contribution in [1.29, 1.82) is 0 Å². The second-order valence-corrected chi connectivity index (χ2v) is 6.29. The number of carbonyl (C=O) groups is 1. The number of aromatic nitrogens is 2. The third kappa shape index (κ3) is 4.22. The first-order chi connectivity index (χ1) is 14.1. The number of nitrogens with one attached hydrogen (secondary N) is 1. The summed E-state index contributed by atoms with van der Waals surface area (Å²) in [6.45, 7) is -0.0626. The first-order valence-electron chi connectivity index (χ1n) is 8.81. The molecular formula is C21H16N4O4. The van der Waals surface area contributed by atoms with Crippen LogP contribution in [0.3, 0.4) is 0 Å². The highest BCUT2D eigenvalue weighted by molar-refractivity contribution is 5.92. The van der Waals surface area contributed by atoms with Crippen LogP contribution in [0.2, 0.25) is 0 Å². The number of nitro groups is 1. The van der Waals surface area contributed by atoms with E-state index in [0.29, 0.717) is 17.0 Å². The number of hydrogen-bond donors (Lipinski definition) is 1. The average molecular weight is 388 g/mol. The molecule has 3 aromatic carbocycles. The van der Waals surface area contributed by atoms with Crippen LogP contribution in [0.5, 0.6) is 11.5 Å². The Bertz CT molecular complexity index is 1170. The van der Waals surface area contributed by atoms with Crippen LogP contribution >= 0.6 is 0 Å². The largest absolute Gasteiger partial charge is 0.457 e. The fraction of sp³-hybridized carbons (Fsp3) is 0.0476. The minimum Gasteiger partial charge on any atom is -0.457 e. The molecule has 0 saturated carbocycles. The van der Waals surface area contributed by atoms with Gasteiger partial charge in [-0.05, 0) is 42.5 Å². The van der Waals surface area contributed by atoms with Crippen molar-refractivity contribution in [3.63, 3.8) is 0 Å². The molecule has 0 aliphatic heterocycles. The first kappa shape index (κ1) is 18.2. The Labute approximate surface area is 165 Å². The van der Waals surface area contributed by atoms with Crippen molar-refractivity contribution in [3.05, 3.63) is 89.1 Å². The lowest BCUT2D eigenvalue weighted by atomic mass is 10.2. The van der Waals surface area contributed by atoms with Crippen LogP contribution in [0, 0.1) is 10.1 Å². The smallest absolute Gasteiger partial charge is 0.271 e. The number of para-hydroxylation sites is 1. The van der Waals surface area contributed by atoms with E-state index in [0.717, 1.165) is 11.1 Å². The molecule has 0 aliphatic rings. The Morgan fingerprint density at radius 3 is 2.48 bits per heavy atom. The van der Waals surface area contributed by atoms with E-state index in [-0.39, 0.29) is 18.1 Å². The fourth-order valence-corrected chi connectivity index (χ4v) is 2.87. The summed E-state index contributed by atoms with van der Waals surface area (Å²) in [5, 5.41) is 18.6. The quantitative estimate of drug-likeness (QED) is 0.390. The van der Waals surface area contributed by atoms with Gasteiger partial charge >= 0.3 is 0 Å². The fourth-order valence-electron chi connectivity index (χ4n) is 2.87. The van der Waals surface area contributed by atoms with Gasteiger partial charge < -0.3 is 10.1 Å². The minimum absolute atomic E-state index is 0.0475. The highest BCUT2D eigenvalue weighted by Crippen LogP contribution is 2.23. The van der Waals surface area contributed by atoms with Crippen molar-refractivity contribution in [3.8, 4) is 11.5 Å². The van der Waals surface area contributed by atoms with Crippen molar-refractivity contribution in [2.45, 2.75) is 6.54 Å². The van der Waals surface area contributed by atoms with Crippen LogP contribution in [-0.4, -0.2) is 20.6 Å². The van der Waals surface area contributed by atoms with Gasteiger partial charge in [0.1, 0.15) is 18.0 Å². The zero-order chi connectivity index (χ0) is 20.2. The molecule has 0 spiro atoms. The predicted octanol–water partition coefficient (Wildman–Crippen LogP) is 4.38. The lowest BCUT2D eigenvalue weighted by molar-refractivity contribution is -0.384. The van der Waals surface area contributed by atoms with Crippen LogP contribution in [0.25, 0.3) is 10.9 Å². The Kier molecular flexibility index (Phi) is 4.90. The maximum Gasteiger partial charge on any atom is 0.271 e. The van der Waals surface area contributed by atoms with Gasteiger partial charge in [-0.25, -0.2) is 0 Å².